The Bertz CT molecular complexity index is 175. The van der Waals surface area contributed by atoms with Crippen LogP contribution in [0.4, 0.5) is 0 Å². The third-order valence-electron chi connectivity index (χ3n) is 4.09. The minimum Gasteiger partial charge on any atom is -0.314 e. The highest BCUT2D eigenvalue weighted by molar-refractivity contribution is 4.91. The average molecular weight is 210 g/mol. The van der Waals surface area contributed by atoms with E-state index in [9.17, 15) is 0 Å². The molecule has 0 aromatic heterocycles. The highest BCUT2D eigenvalue weighted by Crippen LogP contribution is 2.30. The highest BCUT2D eigenvalue weighted by atomic mass is 15.0. The second-order valence-electron chi connectivity index (χ2n) is 5.21. The van der Waals surface area contributed by atoms with E-state index in [4.69, 9.17) is 0 Å². The Hall–Kier alpha value is -0.0800. The lowest BCUT2D eigenvalue weighted by molar-refractivity contribution is 0.215. The van der Waals surface area contributed by atoms with Crippen molar-refractivity contribution >= 4 is 0 Å². The van der Waals surface area contributed by atoms with Crippen LogP contribution in [-0.2, 0) is 0 Å². The van der Waals surface area contributed by atoms with Gasteiger partial charge in [-0.15, -0.1) is 0 Å². The SMILES string of the molecule is CCCNC1CCCCC1C1CCCN1. The summed E-state index contributed by atoms with van der Waals surface area (Å²) >= 11 is 0. The molecule has 0 aromatic carbocycles. The molecule has 0 aromatic rings. The fourth-order valence-corrected chi connectivity index (χ4v) is 3.30. The van der Waals surface area contributed by atoms with Gasteiger partial charge in [0, 0.05) is 12.1 Å². The molecule has 3 unspecified atom stereocenters. The summed E-state index contributed by atoms with van der Waals surface area (Å²) in [6.45, 7) is 4.72. The Morgan fingerprint density at radius 2 is 2.00 bits per heavy atom. The molecule has 1 aliphatic heterocycles. The normalized spacial score (nSPS) is 37.0. The molecule has 0 spiro atoms. The van der Waals surface area contributed by atoms with E-state index in [0.717, 1.165) is 18.0 Å². The van der Waals surface area contributed by atoms with E-state index >= 15 is 0 Å². The maximum atomic E-state index is 3.76. The molecule has 2 rings (SSSR count). The standard InChI is InChI=1S/C13H26N2/c1-2-9-14-12-7-4-3-6-11(12)13-8-5-10-15-13/h11-15H,2-10H2,1H3. The molecule has 1 aliphatic carbocycles. The molecule has 1 heterocycles. The van der Waals surface area contributed by atoms with Gasteiger partial charge in [0.2, 0.25) is 0 Å². The van der Waals surface area contributed by atoms with Crippen LogP contribution in [0.5, 0.6) is 0 Å². The topological polar surface area (TPSA) is 24.1 Å². The van der Waals surface area contributed by atoms with Gasteiger partial charge < -0.3 is 10.6 Å². The molecule has 15 heavy (non-hydrogen) atoms. The Morgan fingerprint density at radius 3 is 2.73 bits per heavy atom. The first-order valence-electron chi connectivity index (χ1n) is 6.88. The van der Waals surface area contributed by atoms with Crippen molar-refractivity contribution in [3.63, 3.8) is 0 Å². The van der Waals surface area contributed by atoms with E-state index in [1.54, 1.807) is 0 Å². The van der Waals surface area contributed by atoms with Gasteiger partial charge in [0.05, 0.1) is 0 Å². The first-order valence-corrected chi connectivity index (χ1v) is 6.88. The van der Waals surface area contributed by atoms with Crippen LogP contribution >= 0.6 is 0 Å². The van der Waals surface area contributed by atoms with Crippen molar-refractivity contribution in [2.24, 2.45) is 5.92 Å². The summed E-state index contributed by atoms with van der Waals surface area (Å²) in [4.78, 5) is 0. The van der Waals surface area contributed by atoms with Crippen molar-refractivity contribution < 1.29 is 0 Å². The monoisotopic (exact) mass is 210 g/mol. The van der Waals surface area contributed by atoms with Gasteiger partial charge in [-0.25, -0.2) is 0 Å². The van der Waals surface area contributed by atoms with E-state index in [2.05, 4.69) is 17.6 Å². The lowest BCUT2D eigenvalue weighted by Crippen LogP contribution is -2.47. The van der Waals surface area contributed by atoms with Gasteiger partial charge in [0.1, 0.15) is 0 Å². The van der Waals surface area contributed by atoms with Gasteiger partial charge in [-0.05, 0) is 51.1 Å². The molecule has 1 saturated heterocycles. The van der Waals surface area contributed by atoms with Crippen LogP contribution in [0, 0.1) is 5.92 Å². The quantitative estimate of drug-likeness (QED) is 0.744. The van der Waals surface area contributed by atoms with E-state index < -0.39 is 0 Å². The van der Waals surface area contributed by atoms with Gasteiger partial charge in [0.15, 0.2) is 0 Å². The molecule has 88 valence electrons. The third kappa shape index (κ3) is 2.94. The van der Waals surface area contributed by atoms with Crippen molar-refractivity contribution in [1.82, 2.24) is 10.6 Å². The summed E-state index contributed by atoms with van der Waals surface area (Å²) < 4.78 is 0. The minimum atomic E-state index is 0.800. The number of nitrogens with one attached hydrogen (secondary N) is 2. The summed E-state index contributed by atoms with van der Waals surface area (Å²) in [7, 11) is 0. The molecule has 0 bridgehead atoms. The molecule has 2 heteroatoms. The molecule has 2 nitrogen and oxygen atoms in total. The third-order valence-corrected chi connectivity index (χ3v) is 4.09. The highest BCUT2D eigenvalue weighted by Gasteiger charge is 2.32. The summed E-state index contributed by atoms with van der Waals surface area (Å²) in [5.41, 5.74) is 0. The van der Waals surface area contributed by atoms with Gasteiger partial charge >= 0.3 is 0 Å². The molecule has 2 N–H and O–H groups in total. The Kier molecular flexibility index (Phi) is 4.45. The van der Waals surface area contributed by atoms with Crippen molar-refractivity contribution in [3.05, 3.63) is 0 Å². The van der Waals surface area contributed by atoms with Crippen LogP contribution in [0.2, 0.25) is 0 Å². The molecular formula is C13H26N2. The summed E-state index contributed by atoms with van der Waals surface area (Å²) in [6.07, 6.45) is 9.80. The molecule has 1 saturated carbocycles. The average Bonchev–Trinajstić information content (AvgIpc) is 2.80. The van der Waals surface area contributed by atoms with Crippen LogP contribution in [0.15, 0.2) is 0 Å². The zero-order chi connectivity index (χ0) is 10.5. The predicted molar refractivity (Wildman–Crippen MR) is 65.1 cm³/mol. The van der Waals surface area contributed by atoms with Gasteiger partial charge in [-0.3, -0.25) is 0 Å². The molecule has 2 aliphatic rings. The molecule has 2 fully saturated rings. The van der Waals surface area contributed by atoms with Crippen LogP contribution in [0.3, 0.4) is 0 Å². The lowest BCUT2D eigenvalue weighted by Gasteiger charge is -2.36. The van der Waals surface area contributed by atoms with Gasteiger partial charge in [-0.1, -0.05) is 19.8 Å². The van der Waals surface area contributed by atoms with Crippen molar-refractivity contribution in [3.8, 4) is 0 Å². The molecule has 0 radical (unpaired) electrons. The minimum absolute atomic E-state index is 0.800. The second-order valence-corrected chi connectivity index (χ2v) is 5.21. The molecule has 3 atom stereocenters. The van der Waals surface area contributed by atoms with Crippen LogP contribution in [-0.4, -0.2) is 25.2 Å². The Balaban J connectivity index is 1.86. The molecule has 0 amide bonds. The fourth-order valence-electron chi connectivity index (χ4n) is 3.30. The van der Waals surface area contributed by atoms with E-state index in [-0.39, 0.29) is 0 Å². The number of hydrogen-bond donors (Lipinski definition) is 2. The zero-order valence-corrected chi connectivity index (χ0v) is 10.1. The predicted octanol–water partition coefficient (Wildman–Crippen LogP) is 2.30. The number of hydrogen-bond acceptors (Lipinski definition) is 2. The van der Waals surface area contributed by atoms with Crippen LogP contribution < -0.4 is 10.6 Å². The first kappa shape index (κ1) is 11.4. The van der Waals surface area contributed by atoms with Crippen molar-refractivity contribution in [2.75, 3.05) is 13.1 Å². The van der Waals surface area contributed by atoms with Gasteiger partial charge in [0.25, 0.3) is 0 Å². The summed E-state index contributed by atoms with van der Waals surface area (Å²) in [5.74, 6) is 0.910. The van der Waals surface area contributed by atoms with E-state index in [1.165, 1.54) is 58.0 Å². The zero-order valence-electron chi connectivity index (χ0n) is 10.1. The van der Waals surface area contributed by atoms with Crippen molar-refractivity contribution in [2.45, 2.75) is 64.0 Å². The van der Waals surface area contributed by atoms with E-state index in [1.807, 2.05) is 0 Å². The van der Waals surface area contributed by atoms with Crippen molar-refractivity contribution in [1.29, 1.82) is 0 Å². The maximum Gasteiger partial charge on any atom is 0.0111 e. The Morgan fingerprint density at radius 1 is 1.13 bits per heavy atom. The summed E-state index contributed by atoms with van der Waals surface area (Å²) in [6, 6.07) is 1.62. The smallest absolute Gasteiger partial charge is 0.0111 e. The maximum absolute atomic E-state index is 3.76. The van der Waals surface area contributed by atoms with Gasteiger partial charge in [-0.2, -0.15) is 0 Å². The second kappa shape index (κ2) is 5.86. The van der Waals surface area contributed by atoms with Crippen LogP contribution in [0.25, 0.3) is 0 Å². The number of rotatable bonds is 4. The summed E-state index contributed by atoms with van der Waals surface area (Å²) in [5, 5.41) is 7.45. The molecular weight excluding hydrogens is 184 g/mol. The fraction of sp³-hybridized carbons (Fsp3) is 1.00. The van der Waals surface area contributed by atoms with Crippen LogP contribution in [0.1, 0.15) is 51.9 Å². The lowest BCUT2D eigenvalue weighted by atomic mass is 9.79. The Labute approximate surface area is 94.2 Å². The first-order chi connectivity index (χ1) is 7.42. The largest absolute Gasteiger partial charge is 0.314 e. The van der Waals surface area contributed by atoms with E-state index in [0.29, 0.717) is 0 Å².